The van der Waals surface area contributed by atoms with E-state index in [1.165, 1.54) is 24.1 Å². The minimum atomic E-state index is 0.498. The molecule has 106 valence electrons. The molecule has 0 amide bonds. The SMILES string of the molecule is CC(C)NCc1cnn(-c2ccc(Br)cc2)c1C1CC1. The average molecular weight is 334 g/mol. The van der Waals surface area contributed by atoms with Gasteiger partial charge in [-0.1, -0.05) is 29.8 Å². The second kappa shape index (κ2) is 5.70. The van der Waals surface area contributed by atoms with Crippen molar-refractivity contribution < 1.29 is 0 Å². The molecule has 0 bridgehead atoms. The molecule has 1 aromatic heterocycles. The van der Waals surface area contributed by atoms with Crippen molar-refractivity contribution in [2.75, 3.05) is 0 Å². The molecule has 0 saturated heterocycles. The molecule has 2 aromatic rings. The van der Waals surface area contributed by atoms with Crippen LogP contribution in [0.5, 0.6) is 0 Å². The van der Waals surface area contributed by atoms with Crippen LogP contribution in [0.3, 0.4) is 0 Å². The fourth-order valence-electron chi connectivity index (χ4n) is 2.42. The van der Waals surface area contributed by atoms with E-state index in [0.717, 1.165) is 16.7 Å². The molecule has 0 atom stereocenters. The van der Waals surface area contributed by atoms with Crippen LogP contribution in [0.15, 0.2) is 34.9 Å². The van der Waals surface area contributed by atoms with Crippen molar-refractivity contribution >= 4 is 15.9 Å². The van der Waals surface area contributed by atoms with E-state index in [0.29, 0.717) is 12.0 Å². The van der Waals surface area contributed by atoms with Crippen molar-refractivity contribution in [3.63, 3.8) is 0 Å². The molecule has 0 radical (unpaired) electrons. The summed E-state index contributed by atoms with van der Waals surface area (Å²) in [4.78, 5) is 0. The summed E-state index contributed by atoms with van der Waals surface area (Å²) in [5.74, 6) is 0.685. The minimum absolute atomic E-state index is 0.498. The van der Waals surface area contributed by atoms with Crippen molar-refractivity contribution in [3.05, 3.63) is 46.2 Å². The van der Waals surface area contributed by atoms with E-state index in [1.54, 1.807) is 0 Å². The van der Waals surface area contributed by atoms with E-state index < -0.39 is 0 Å². The molecule has 0 aliphatic heterocycles. The van der Waals surface area contributed by atoms with Crippen LogP contribution in [0.4, 0.5) is 0 Å². The largest absolute Gasteiger partial charge is 0.310 e. The molecule has 0 spiro atoms. The highest BCUT2D eigenvalue weighted by molar-refractivity contribution is 9.10. The second-order valence-corrected chi connectivity index (χ2v) is 6.67. The van der Waals surface area contributed by atoms with Gasteiger partial charge in [0.2, 0.25) is 0 Å². The third kappa shape index (κ3) is 2.96. The van der Waals surface area contributed by atoms with Crippen LogP contribution in [0.1, 0.15) is 43.9 Å². The van der Waals surface area contributed by atoms with Gasteiger partial charge in [0.1, 0.15) is 0 Å². The number of benzene rings is 1. The topological polar surface area (TPSA) is 29.9 Å². The molecule has 1 saturated carbocycles. The van der Waals surface area contributed by atoms with Gasteiger partial charge in [-0.25, -0.2) is 4.68 Å². The summed E-state index contributed by atoms with van der Waals surface area (Å²) in [6.07, 6.45) is 4.60. The number of hydrogen-bond acceptors (Lipinski definition) is 2. The first kappa shape index (κ1) is 13.8. The lowest BCUT2D eigenvalue weighted by Gasteiger charge is -2.11. The molecule has 1 fully saturated rings. The highest BCUT2D eigenvalue weighted by Crippen LogP contribution is 2.42. The summed E-state index contributed by atoms with van der Waals surface area (Å²) in [5, 5.41) is 8.11. The van der Waals surface area contributed by atoms with Gasteiger partial charge in [0.25, 0.3) is 0 Å². The van der Waals surface area contributed by atoms with Crippen LogP contribution in [0, 0.1) is 0 Å². The zero-order valence-corrected chi connectivity index (χ0v) is 13.5. The molecular formula is C16H20BrN3. The van der Waals surface area contributed by atoms with Crippen LogP contribution in [-0.2, 0) is 6.54 Å². The summed E-state index contributed by atoms with van der Waals surface area (Å²) in [6.45, 7) is 5.26. The highest BCUT2D eigenvalue weighted by Gasteiger charge is 2.30. The molecule has 3 rings (SSSR count). The predicted octanol–water partition coefficient (Wildman–Crippen LogP) is 4.01. The fraction of sp³-hybridized carbons (Fsp3) is 0.438. The lowest BCUT2D eigenvalue weighted by molar-refractivity contribution is 0.585. The van der Waals surface area contributed by atoms with Crippen LogP contribution in [0.25, 0.3) is 5.69 Å². The number of halogens is 1. The Bertz CT molecular complexity index is 582. The Hall–Kier alpha value is -1.13. The molecule has 1 N–H and O–H groups in total. The van der Waals surface area contributed by atoms with Gasteiger partial charge in [0.05, 0.1) is 17.6 Å². The Morgan fingerprint density at radius 1 is 1.30 bits per heavy atom. The van der Waals surface area contributed by atoms with E-state index in [2.05, 4.69) is 69.1 Å². The fourth-order valence-corrected chi connectivity index (χ4v) is 2.69. The smallest absolute Gasteiger partial charge is 0.0649 e. The number of nitrogens with one attached hydrogen (secondary N) is 1. The van der Waals surface area contributed by atoms with Crippen molar-refractivity contribution in [2.45, 2.75) is 45.2 Å². The Morgan fingerprint density at radius 3 is 2.60 bits per heavy atom. The van der Waals surface area contributed by atoms with Crippen molar-refractivity contribution in [1.29, 1.82) is 0 Å². The third-order valence-electron chi connectivity index (χ3n) is 3.62. The zero-order valence-electron chi connectivity index (χ0n) is 11.9. The number of aromatic nitrogens is 2. The Balaban J connectivity index is 1.92. The molecule has 20 heavy (non-hydrogen) atoms. The quantitative estimate of drug-likeness (QED) is 0.895. The standard InChI is InChI=1S/C16H20BrN3/c1-11(2)18-9-13-10-19-20(16(13)12-3-4-12)15-7-5-14(17)6-8-15/h5-8,10-12,18H,3-4,9H2,1-2H3. The summed E-state index contributed by atoms with van der Waals surface area (Å²) in [7, 11) is 0. The van der Waals surface area contributed by atoms with E-state index in [1.807, 2.05) is 6.20 Å². The number of hydrogen-bond donors (Lipinski definition) is 1. The third-order valence-corrected chi connectivity index (χ3v) is 4.15. The van der Waals surface area contributed by atoms with Gasteiger partial charge in [0, 0.05) is 28.5 Å². The first-order valence-corrected chi connectivity index (χ1v) is 8.00. The maximum absolute atomic E-state index is 4.62. The average Bonchev–Trinajstić information content (AvgIpc) is 3.17. The van der Waals surface area contributed by atoms with Gasteiger partial charge in [-0.2, -0.15) is 5.10 Å². The van der Waals surface area contributed by atoms with Gasteiger partial charge in [0.15, 0.2) is 0 Å². The molecule has 0 unspecified atom stereocenters. The molecule has 1 aromatic carbocycles. The summed E-state index contributed by atoms with van der Waals surface area (Å²) in [6, 6.07) is 8.86. The Kier molecular flexibility index (Phi) is 3.94. The van der Waals surface area contributed by atoms with Crippen molar-refractivity contribution in [3.8, 4) is 5.69 Å². The summed E-state index contributed by atoms with van der Waals surface area (Å²) < 4.78 is 3.21. The predicted molar refractivity (Wildman–Crippen MR) is 85.2 cm³/mol. The summed E-state index contributed by atoms with van der Waals surface area (Å²) in [5.41, 5.74) is 3.87. The van der Waals surface area contributed by atoms with Gasteiger partial charge in [-0.3, -0.25) is 0 Å². The monoisotopic (exact) mass is 333 g/mol. The number of nitrogens with zero attached hydrogens (tertiary/aromatic N) is 2. The normalized spacial score (nSPS) is 15.0. The van der Waals surface area contributed by atoms with Gasteiger partial charge in [-0.05, 0) is 37.1 Å². The zero-order chi connectivity index (χ0) is 14.1. The molecule has 1 heterocycles. The van der Waals surface area contributed by atoms with Gasteiger partial charge in [-0.15, -0.1) is 0 Å². The maximum Gasteiger partial charge on any atom is 0.0649 e. The van der Waals surface area contributed by atoms with E-state index in [4.69, 9.17) is 0 Å². The minimum Gasteiger partial charge on any atom is -0.310 e. The van der Waals surface area contributed by atoms with Crippen LogP contribution in [-0.4, -0.2) is 15.8 Å². The van der Waals surface area contributed by atoms with Crippen LogP contribution in [0.2, 0.25) is 0 Å². The van der Waals surface area contributed by atoms with Crippen molar-refractivity contribution in [2.24, 2.45) is 0 Å². The van der Waals surface area contributed by atoms with Crippen molar-refractivity contribution in [1.82, 2.24) is 15.1 Å². The van der Waals surface area contributed by atoms with Gasteiger partial charge >= 0.3 is 0 Å². The maximum atomic E-state index is 4.62. The molecule has 1 aliphatic rings. The second-order valence-electron chi connectivity index (χ2n) is 5.75. The lowest BCUT2D eigenvalue weighted by Crippen LogP contribution is -2.22. The van der Waals surface area contributed by atoms with Gasteiger partial charge < -0.3 is 5.32 Å². The number of rotatable bonds is 5. The molecule has 4 heteroatoms. The van der Waals surface area contributed by atoms with E-state index >= 15 is 0 Å². The Morgan fingerprint density at radius 2 is 2.00 bits per heavy atom. The Labute approximate surface area is 128 Å². The first-order chi connectivity index (χ1) is 9.65. The van der Waals surface area contributed by atoms with Crippen LogP contribution >= 0.6 is 15.9 Å². The lowest BCUT2D eigenvalue weighted by atomic mass is 10.1. The highest BCUT2D eigenvalue weighted by atomic mass is 79.9. The van der Waals surface area contributed by atoms with Crippen LogP contribution < -0.4 is 5.32 Å². The summed E-state index contributed by atoms with van der Waals surface area (Å²) >= 11 is 3.48. The van der Waals surface area contributed by atoms with E-state index in [9.17, 15) is 0 Å². The van der Waals surface area contributed by atoms with E-state index in [-0.39, 0.29) is 0 Å². The molecule has 1 aliphatic carbocycles. The molecular weight excluding hydrogens is 314 g/mol. The molecule has 3 nitrogen and oxygen atoms in total. The first-order valence-electron chi connectivity index (χ1n) is 7.21.